The zero-order chi connectivity index (χ0) is 18.6. The van der Waals surface area contributed by atoms with Crippen LogP contribution in [0.25, 0.3) is 16.9 Å². The summed E-state index contributed by atoms with van der Waals surface area (Å²) in [5.41, 5.74) is 4.14. The molecule has 4 rings (SSSR count). The van der Waals surface area contributed by atoms with Crippen molar-refractivity contribution in [3.05, 3.63) is 102 Å². The number of ether oxygens (including phenoxy) is 1. The molecule has 132 valence electrons. The van der Waals surface area contributed by atoms with Crippen molar-refractivity contribution in [3.8, 4) is 22.8 Å². The van der Waals surface area contributed by atoms with Gasteiger partial charge in [0.15, 0.2) is 0 Å². The molecule has 0 saturated heterocycles. The lowest BCUT2D eigenvalue weighted by Crippen LogP contribution is -2.11. The van der Waals surface area contributed by atoms with Crippen LogP contribution < -0.4 is 4.74 Å². The zero-order valence-electron chi connectivity index (χ0n) is 14.9. The highest BCUT2D eigenvalue weighted by Crippen LogP contribution is 2.27. The third-order valence-electron chi connectivity index (χ3n) is 4.20. The quantitative estimate of drug-likeness (QED) is 0.481. The van der Waals surface area contributed by atoms with Gasteiger partial charge in [-0.05, 0) is 36.8 Å². The molecule has 0 spiro atoms. The molecule has 4 heteroatoms. The number of benzene rings is 3. The summed E-state index contributed by atoms with van der Waals surface area (Å²) in [5, 5.41) is 4.68. The molecule has 0 N–H and O–H groups in total. The molecule has 0 aliphatic heterocycles. The number of carbonyl (C=O) groups is 1. The maximum atomic E-state index is 12.5. The standard InChI is InChI=1S/C23H18N2O2/c1-17-9-8-14-20(15-17)25-22(27-23(26)19-12-6-3-7-13-19)16-21(24-25)18-10-4-2-5-11-18/h2-16H,1H3. The van der Waals surface area contributed by atoms with Crippen LogP contribution in [0.2, 0.25) is 0 Å². The van der Waals surface area contributed by atoms with Crippen molar-refractivity contribution in [1.82, 2.24) is 9.78 Å². The summed E-state index contributed by atoms with van der Waals surface area (Å²) in [6.45, 7) is 2.01. The Balaban J connectivity index is 1.77. The molecule has 27 heavy (non-hydrogen) atoms. The van der Waals surface area contributed by atoms with Gasteiger partial charge in [-0.3, -0.25) is 0 Å². The molecular formula is C23H18N2O2. The van der Waals surface area contributed by atoms with Crippen LogP contribution in [0.1, 0.15) is 15.9 Å². The van der Waals surface area contributed by atoms with Crippen LogP contribution in [-0.2, 0) is 0 Å². The normalized spacial score (nSPS) is 10.6. The maximum Gasteiger partial charge on any atom is 0.344 e. The van der Waals surface area contributed by atoms with Crippen LogP contribution in [0.15, 0.2) is 91.0 Å². The Labute approximate surface area is 157 Å². The minimum absolute atomic E-state index is 0.383. The molecule has 0 radical (unpaired) electrons. The first-order valence-corrected chi connectivity index (χ1v) is 8.70. The molecule has 3 aromatic carbocycles. The van der Waals surface area contributed by atoms with Gasteiger partial charge in [0.2, 0.25) is 5.88 Å². The second-order valence-electron chi connectivity index (χ2n) is 6.24. The highest BCUT2D eigenvalue weighted by Gasteiger charge is 2.16. The Bertz CT molecular complexity index is 1070. The Morgan fingerprint density at radius 3 is 2.26 bits per heavy atom. The molecule has 0 bridgehead atoms. The summed E-state index contributed by atoms with van der Waals surface area (Å²) in [4.78, 5) is 12.5. The van der Waals surface area contributed by atoms with E-state index in [1.54, 1.807) is 22.9 Å². The number of rotatable bonds is 4. The maximum absolute atomic E-state index is 12.5. The number of hydrogen-bond acceptors (Lipinski definition) is 3. The van der Waals surface area contributed by atoms with Gasteiger partial charge in [-0.1, -0.05) is 60.7 Å². The predicted molar refractivity (Wildman–Crippen MR) is 105 cm³/mol. The van der Waals surface area contributed by atoms with Crippen LogP contribution in [0.3, 0.4) is 0 Å². The second-order valence-corrected chi connectivity index (χ2v) is 6.24. The van der Waals surface area contributed by atoms with Crippen molar-refractivity contribution in [1.29, 1.82) is 0 Å². The second kappa shape index (κ2) is 7.30. The largest absolute Gasteiger partial charge is 0.404 e. The topological polar surface area (TPSA) is 44.1 Å². The number of nitrogens with zero attached hydrogens (tertiary/aromatic N) is 2. The summed E-state index contributed by atoms with van der Waals surface area (Å²) in [5.74, 6) is -0.0303. The van der Waals surface area contributed by atoms with E-state index in [0.29, 0.717) is 11.4 Å². The monoisotopic (exact) mass is 354 g/mol. The minimum atomic E-state index is -0.413. The van der Waals surface area contributed by atoms with E-state index in [2.05, 4.69) is 5.10 Å². The number of hydrogen-bond donors (Lipinski definition) is 0. The van der Waals surface area contributed by atoms with Gasteiger partial charge in [0.05, 0.1) is 16.9 Å². The third-order valence-corrected chi connectivity index (χ3v) is 4.20. The Morgan fingerprint density at radius 1 is 0.852 bits per heavy atom. The minimum Gasteiger partial charge on any atom is -0.404 e. The van der Waals surface area contributed by atoms with Gasteiger partial charge in [0, 0.05) is 11.6 Å². The average Bonchev–Trinajstić information content (AvgIpc) is 3.13. The van der Waals surface area contributed by atoms with Gasteiger partial charge in [-0.25, -0.2) is 4.79 Å². The van der Waals surface area contributed by atoms with Crippen molar-refractivity contribution < 1.29 is 9.53 Å². The number of carbonyl (C=O) groups excluding carboxylic acids is 1. The number of esters is 1. The number of aryl methyl sites for hydroxylation is 1. The molecule has 4 nitrogen and oxygen atoms in total. The van der Waals surface area contributed by atoms with Gasteiger partial charge in [-0.15, -0.1) is 0 Å². The zero-order valence-corrected chi connectivity index (χ0v) is 14.9. The molecule has 0 saturated carbocycles. The average molecular weight is 354 g/mol. The van der Waals surface area contributed by atoms with Crippen LogP contribution in [0.4, 0.5) is 0 Å². The van der Waals surface area contributed by atoms with Crippen LogP contribution in [0, 0.1) is 6.92 Å². The smallest absolute Gasteiger partial charge is 0.344 e. The molecule has 0 aliphatic carbocycles. The van der Waals surface area contributed by atoms with Gasteiger partial charge >= 0.3 is 5.97 Å². The van der Waals surface area contributed by atoms with E-state index in [4.69, 9.17) is 4.74 Å². The van der Waals surface area contributed by atoms with Gasteiger partial charge in [0.1, 0.15) is 0 Å². The Morgan fingerprint density at radius 2 is 1.56 bits per heavy atom. The van der Waals surface area contributed by atoms with Crippen molar-refractivity contribution in [2.24, 2.45) is 0 Å². The fourth-order valence-corrected chi connectivity index (χ4v) is 2.86. The molecule has 0 atom stereocenters. The van der Waals surface area contributed by atoms with Gasteiger partial charge < -0.3 is 4.74 Å². The van der Waals surface area contributed by atoms with Gasteiger partial charge in [-0.2, -0.15) is 9.78 Å². The molecule has 0 aliphatic rings. The lowest BCUT2D eigenvalue weighted by molar-refractivity contribution is 0.0723. The summed E-state index contributed by atoms with van der Waals surface area (Å²) in [6.07, 6.45) is 0. The highest BCUT2D eigenvalue weighted by atomic mass is 16.5. The Kier molecular flexibility index (Phi) is 4.54. The summed E-state index contributed by atoms with van der Waals surface area (Å²) in [7, 11) is 0. The molecule has 1 aromatic heterocycles. The molecule has 0 unspecified atom stereocenters. The lowest BCUT2D eigenvalue weighted by Gasteiger charge is -2.08. The summed E-state index contributed by atoms with van der Waals surface area (Å²) in [6, 6.07) is 28.5. The Hall–Kier alpha value is -3.66. The molecule has 0 fully saturated rings. The molecule has 1 heterocycles. The van der Waals surface area contributed by atoms with E-state index in [1.165, 1.54) is 0 Å². The summed E-state index contributed by atoms with van der Waals surface area (Å²) >= 11 is 0. The van der Waals surface area contributed by atoms with Crippen LogP contribution in [-0.4, -0.2) is 15.7 Å². The van der Waals surface area contributed by atoms with Crippen molar-refractivity contribution >= 4 is 5.97 Å². The highest BCUT2D eigenvalue weighted by molar-refractivity contribution is 5.91. The first kappa shape index (κ1) is 16.8. The van der Waals surface area contributed by atoms with Crippen molar-refractivity contribution in [2.75, 3.05) is 0 Å². The van der Waals surface area contributed by atoms with E-state index in [-0.39, 0.29) is 0 Å². The first-order chi connectivity index (χ1) is 13.2. The molecule has 4 aromatic rings. The van der Waals surface area contributed by atoms with E-state index in [1.807, 2.05) is 79.7 Å². The summed E-state index contributed by atoms with van der Waals surface area (Å²) < 4.78 is 7.35. The SMILES string of the molecule is Cc1cccc(-n2nc(-c3ccccc3)cc2OC(=O)c2ccccc2)c1. The van der Waals surface area contributed by atoms with Crippen LogP contribution in [0.5, 0.6) is 5.88 Å². The number of aromatic nitrogens is 2. The fourth-order valence-electron chi connectivity index (χ4n) is 2.86. The lowest BCUT2D eigenvalue weighted by atomic mass is 10.2. The fraction of sp³-hybridized carbons (Fsp3) is 0.0435. The first-order valence-electron chi connectivity index (χ1n) is 8.70. The van der Waals surface area contributed by atoms with Crippen molar-refractivity contribution in [2.45, 2.75) is 6.92 Å². The van der Waals surface area contributed by atoms with Crippen molar-refractivity contribution in [3.63, 3.8) is 0 Å². The van der Waals surface area contributed by atoms with E-state index >= 15 is 0 Å². The third kappa shape index (κ3) is 3.65. The molecular weight excluding hydrogens is 336 g/mol. The predicted octanol–water partition coefficient (Wildman–Crippen LogP) is 5.07. The van der Waals surface area contributed by atoms with E-state index < -0.39 is 5.97 Å². The van der Waals surface area contributed by atoms with E-state index in [0.717, 1.165) is 22.5 Å². The van der Waals surface area contributed by atoms with E-state index in [9.17, 15) is 4.79 Å². The van der Waals surface area contributed by atoms with Gasteiger partial charge in [0.25, 0.3) is 0 Å². The molecule has 0 amide bonds. The van der Waals surface area contributed by atoms with Crippen LogP contribution >= 0.6 is 0 Å².